The normalized spacial score (nSPS) is 12.2. The molecule has 0 aliphatic carbocycles. The third-order valence-electron chi connectivity index (χ3n) is 3.01. The van der Waals surface area contributed by atoms with E-state index < -0.39 is 0 Å². The van der Waals surface area contributed by atoms with E-state index in [1.54, 1.807) is 0 Å². The van der Waals surface area contributed by atoms with Crippen molar-refractivity contribution in [1.29, 1.82) is 0 Å². The third-order valence-corrected chi connectivity index (χ3v) is 3.80. The largest absolute Gasteiger partial charge is 0.455 e. The van der Waals surface area contributed by atoms with Gasteiger partial charge < -0.3 is 10.1 Å². The molecule has 0 aliphatic rings. The summed E-state index contributed by atoms with van der Waals surface area (Å²) in [6.07, 6.45) is 0. The molecule has 1 N–H and O–H groups in total. The molecule has 0 aliphatic heterocycles. The van der Waals surface area contributed by atoms with E-state index in [2.05, 4.69) is 41.2 Å². The molecule has 0 spiro atoms. The van der Waals surface area contributed by atoms with Crippen LogP contribution in [0.3, 0.4) is 0 Å². The first kappa shape index (κ1) is 15.4. The Morgan fingerprint density at radius 3 is 2.65 bits per heavy atom. The SMILES string of the molecule is CCNC(C)c1ccccc1Oc1ccc(Br)cc1Cl. The van der Waals surface area contributed by atoms with Crippen LogP contribution in [0.15, 0.2) is 46.9 Å². The van der Waals surface area contributed by atoms with E-state index in [0.717, 1.165) is 22.3 Å². The molecule has 20 heavy (non-hydrogen) atoms. The highest BCUT2D eigenvalue weighted by atomic mass is 79.9. The summed E-state index contributed by atoms with van der Waals surface area (Å²) in [5, 5.41) is 3.98. The molecule has 0 saturated carbocycles. The maximum absolute atomic E-state index is 6.20. The summed E-state index contributed by atoms with van der Waals surface area (Å²) in [7, 11) is 0. The second-order valence-corrected chi connectivity index (χ2v) is 5.82. The first-order valence-electron chi connectivity index (χ1n) is 6.57. The van der Waals surface area contributed by atoms with Crippen molar-refractivity contribution in [2.24, 2.45) is 0 Å². The second kappa shape index (κ2) is 7.11. The molecular formula is C16H17BrClNO. The zero-order valence-corrected chi connectivity index (χ0v) is 13.8. The van der Waals surface area contributed by atoms with Crippen molar-refractivity contribution in [2.45, 2.75) is 19.9 Å². The van der Waals surface area contributed by atoms with E-state index >= 15 is 0 Å². The Bertz CT molecular complexity index is 588. The molecule has 0 fully saturated rings. The number of para-hydroxylation sites is 1. The third kappa shape index (κ3) is 3.75. The predicted octanol–water partition coefficient (Wildman–Crippen LogP) is 5.57. The van der Waals surface area contributed by atoms with Crippen LogP contribution < -0.4 is 10.1 Å². The van der Waals surface area contributed by atoms with Gasteiger partial charge in [-0.2, -0.15) is 0 Å². The van der Waals surface area contributed by atoms with E-state index in [4.69, 9.17) is 16.3 Å². The lowest BCUT2D eigenvalue weighted by Gasteiger charge is -2.17. The molecule has 2 rings (SSSR count). The van der Waals surface area contributed by atoms with Gasteiger partial charge >= 0.3 is 0 Å². The van der Waals surface area contributed by atoms with Gasteiger partial charge in [-0.15, -0.1) is 0 Å². The fraction of sp³-hybridized carbons (Fsp3) is 0.250. The van der Waals surface area contributed by atoms with Crippen molar-refractivity contribution >= 4 is 27.5 Å². The van der Waals surface area contributed by atoms with Crippen molar-refractivity contribution in [1.82, 2.24) is 5.32 Å². The Balaban J connectivity index is 2.29. The minimum Gasteiger partial charge on any atom is -0.455 e. The van der Waals surface area contributed by atoms with E-state index in [0.29, 0.717) is 10.8 Å². The zero-order chi connectivity index (χ0) is 14.5. The van der Waals surface area contributed by atoms with Gasteiger partial charge in [-0.25, -0.2) is 0 Å². The fourth-order valence-electron chi connectivity index (χ4n) is 2.02. The van der Waals surface area contributed by atoms with E-state index in [9.17, 15) is 0 Å². The first-order valence-corrected chi connectivity index (χ1v) is 7.74. The Kier molecular flexibility index (Phi) is 5.46. The number of ether oxygens (including phenoxy) is 1. The van der Waals surface area contributed by atoms with Gasteiger partial charge in [-0.1, -0.05) is 52.7 Å². The van der Waals surface area contributed by atoms with Gasteiger partial charge in [-0.05, 0) is 37.7 Å². The molecule has 0 aromatic heterocycles. The standard InChI is InChI=1S/C16H17BrClNO/c1-3-19-11(2)13-6-4-5-7-15(13)20-16-9-8-12(17)10-14(16)18/h4-11,19H,3H2,1-2H3. The smallest absolute Gasteiger partial charge is 0.146 e. The lowest BCUT2D eigenvalue weighted by Crippen LogP contribution is -2.18. The molecule has 2 aromatic rings. The maximum atomic E-state index is 6.20. The van der Waals surface area contributed by atoms with E-state index in [1.807, 2.05) is 36.4 Å². The van der Waals surface area contributed by atoms with Gasteiger partial charge in [0.05, 0.1) is 5.02 Å². The van der Waals surface area contributed by atoms with Crippen molar-refractivity contribution in [3.05, 3.63) is 57.5 Å². The lowest BCUT2D eigenvalue weighted by atomic mass is 10.1. The highest BCUT2D eigenvalue weighted by Crippen LogP contribution is 2.34. The van der Waals surface area contributed by atoms with Gasteiger partial charge in [0.15, 0.2) is 0 Å². The van der Waals surface area contributed by atoms with Crippen molar-refractivity contribution in [3.63, 3.8) is 0 Å². The summed E-state index contributed by atoms with van der Waals surface area (Å²) < 4.78 is 6.90. The van der Waals surface area contributed by atoms with Crippen molar-refractivity contribution in [2.75, 3.05) is 6.54 Å². The Morgan fingerprint density at radius 1 is 1.20 bits per heavy atom. The van der Waals surface area contributed by atoms with Crippen LogP contribution in [0, 0.1) is 0 Å². The highest BCUT2D eigenvalue weighted by Gasteiger charge is 2.12. The molecule has 1 unspecified atom stereocenters. The molecule has 1 atom stereocenters. The second-order valence-electron chi connectivity index (χ2n) is 4.49. The summed E-state index contributed by atoms with van der Waals surface area (Å²) in [6.45, 7) is 5.12. The number of rotatable bonds is 5. The van der Waals surface area contributed by atoms with Crippen LogP contribution in [0.2, 0.25) is 5.02 Å². The predicted molar refractivity (Wildman–Crippen MR) is 87.8 cm³/mol. The maximum Gasteiger partial charge on any atom is 0.146 e. The summed E-state index contributed by atoms with van der Waals surface area (Å²) in [5.41, 5.74) is 1.12. The number of benzene rings is 2. The molecule has 0 bridgehead atoms. The van der Waals surface area contributed by atoms with Crippen molar-refractivity contribution in [3.8, 4) is 11.5 Å². The van der Waals surface area contributed by atoms with E-state index in [-0.39, 0.29) is 6.04 Å². The zero-order valence-electron chi connectivity index (χ0n) is 11.5. The quantitative estimate of drug-likeness (QED) is 0.758. The van der Waals surface area contributed by atoms with Crippen LogP contribution in [-0.4, -0.2) is 6.54 Å². The molecule has 0 heterocycles. The van der Waals surface area contributed by atoms with Crippen LogP contribution in [0.4, 0.5) is 0 Å². The average Bonchev–Trinajstić information content (AvgIpc) is 2.43. The molecule has 0 amide bonds. The van der Waals surface area contributed by atoms with Gasteiger partial charge in [0, 0.05) is 16.1 Å². The molecule has 4 heteroatoms. The summed E-state index contributed by atoms with van der Waals surface area (Å²) in [4.78, 5) is 0. The Morgan fingerprint density at radius 2 is 1.95 bits per heavy atom. The Hall–Kier alpha value is -1.03. The van der Waals surface area contributed by atoms with Crippen LogP contribution in [0.1, 0.15) is 25.5 Å². The van der Waals surface area contributed by atoms with Gasteiger partial charge in [0.2, 0.25) is 0 Å². The number of hydrogen-bond donors (Lipinski definition) is 1. The number of nitrogens with one attached hydrogen (secondary N) is 1. The monoisotopic (exact) mass is 353 g/mol. The molecular weight excluding hydrogens is 338 g/mol. The summed E-state index contributed by atoms with van der Waals surface area (Å²) in [5.74, 6) is 1.48. The minimum absolute atomic E-state index is 0.227. The minimum atomic E-state index is 0.227. The van der Waals surface area contributed by atoms with Crippen LogP contribution >= 0.6 is 27.5 Å². The Labute approximate surface area is 133 Å². The van der Waals surface area contributed by atoms with Gasteiger partial charge in [0.25, 0.3) is 0 Å². The molecule has 0 radical (unpaired) electrons. The van der Waals surface area contributed by atoms with Crippen LogP contribution in [0.25, 0.3) is 0 Å². The molecule has 106 valence electrons. The number of halogens is 2. The van der Waals surface area contributed by atoms with Crippen LogP contribution in [0.5, 0.6) is 11.5 Å². The highest BCUT2D eigenvalue weighted by molar-refractivity contribution is 9.10. The summed E-state index contributed by atoms with van der Waals surface area (Å²) in [6, 6.07) is 13.8. The molecule has 0 saturated heterocycles. The van der Waals surface area contributed by atoms with Gasteiger partial charge in [0.1, 0.15) is 11.5 Å². The van der Waals surface area contributed by atoms with Crippen molar-refractivity contribution < 1.29 is 4.74 Å². The fourth-order valence-corrected chi connectivity index (χ4v) is 2.74. The molecule has 2 nitrogen and oxygen atoms in total. The van der Waals surface area contributed by atoms with Gasteiger partial charge in [-0.3, -0.25) is 0 Å². The van der Waals surface area contributed by atoms with E-state index in [1.165, 1.54) is 0 Å². The first-order chi connectivity index (χ1) is 9.61. The molecule has 2 aromatic carbocycles. The lowest BCUT2D eigenvalue weighted by molar-refractivity contribution is 0.463. The van der Waals surface area contributed by atoms with Crippen LogP contribution in [-0.2, 0) is 0 Å². The topological polar surface area (TPSA) is 21.3 Å². The summed E-state index contributed by atoms with van der Waals surface area (Å²) >= 11 is 9.59. The number of hydrogen-bond acceptors (Lipinski definition) is 2. The average molecular weight is 355 g/mol.